The minimum Gasteiger partial charge on any atom is -0.468 e. The summed E-state index contributed by atoms with van der Waals surface area (Å²) in [5.74, 6) is -1.42. The summed E-state index contributed by atoms with van der Waals surface area (Å²) in [7, 11) is 1.14. The topological polar surface area (TPSA) is 107 Å². The number of ether oxygens (including phenoxy) is 1. The van der Waals surface area contributed by atoms with Crippen LogP contribution in [0.4, 0.5) is 10.5 Å². The summed E-state index contributed by atoms with van der Waals surface area (Å²) in [6, 6.07) is 3.74. The predicted molar refractivity (Wildman–Crippen MR) is 82.8 cm³/mol. The third kappa shape index (κ3) is 3.69. The van der Waals surface area contributed by atoms with E-state index in [1.165, 1.54) is 24.3 Å². The lowest BCUT2D eigenvalue weighted by Gasteiger charge is -2.09. The van der Waals surface area contributed by atoms with Crippen molar-refractivity contribution >= 4 is 52.2 Å². The highest BCUT2D eigenvalue weighted by Crippen LogP contribution is 2.34. The van der Waals surface area contributed by atoms with Crippen LogP contribution in [0, 0.1) is 10.1 Å². The zero-order valence-corrected chi connectivity index (χ0v) is 13.2. The third-order valence-electron chi connectivity index (χ3n) is 2.87. The Morgan fingerprint density at radius 3 is 2.78 bits per heavy atom. The Bertz CT molecular complexity index is 748. The molecule has 1 aliphatic heterocycles. The first-order valence-corrected chi connectivity index (χ1v) is 7.29. The molecule has 0 atom stereocenters. The van der Waals surface area contributed by atoms with Gasteiger partial charge in [0.2, 0.25) is 0 Å². The van der Waals surface area contributed by atoms with E-state index in [0.29, 0.717) is 11.8 Å². The largest absolute Gasteiger partial charge is 0.468 e. The molecule has 1 saturated heterocycles. The fourth-order valence-corrected chi connectivity index (χ4v) is 2.73. The molecule has 0 aromatic heterocycles. The fraction of sp³-hybridized carbons (Fsp3) is 0.154. The summed E-state index contributed by atoms with van der Waals surface area (Å²) in [5.41, 5.74) is 0.0267. The summed E-state index contributed by atoms with van der Waals surface area (Å²) in [5, 5.41) is 10.3. The Labute approximate surface area is 139 Å². The molecule has 1 heterocycles. The van der Waals surface area contributed by atoms with Crippen LogP contribution in [0.5, 0.6) is 0 Å². The van der Waals surface area contributed by atoms with Crippen molar-refractivity contribution in [1.82, 2.24) is 4.90 Å². The van der Waals surface area contributed by atoms with Crippen LogP contribution in [0.1, 0.15) is 5.56 Å². The molecule has 0 bridgehead atoms. The fourth-order valence-electron chi connectivity index (χ4n) is 1.73. The Kier molecular flexibility index (Phi) is 5.02. The third-order valence-corrected chi connectivity index (χ3v) is 4.12. The first-order chi connectivity index (χ1) is 10.8. The van der Waals surface area contributed by atoms with Gasteiger partial charge in [0, 0.05) is 22.7 Å². The van der Waals surface area contributed by atoms with Gasteiger partial charge in [0.25, 0.3) is 16.8 Å². The van der Waals surface area contributed by atoms with Crippen molar-refractivity contribution < 1.29 is 24.0 Å². The molecule has 0 aliphatic carbocycles. The maximum absolute atomic E-state index is 12.1. The first kappa shape index (κ1) is 17.0. The smallest absolute Gasteiger partial charge is 0.325 e. The molecule has 0 saturated carbocycles. The van der Waals surface area contributed by atoms with Crippen molar-refractivity contribution in [3.05, 3.63) is 43.8 Å². The molecular weight excluding hydrogens is 348 g/mol. The van der Waals surface area contributed by atoms with Gasteiger partial charge in [-0.1, -0.05) is 11.6 Å². The van der Waals surface area contributed by atoms with Crippen LogP contribution in [-0.4, -0.2) is 40.6 Å². The Morgan fingerprint density at radius 2 is 2.17 bits per heavy atom. The summed E-state index contributed by atoms with van der Waals surface area (Å²) in [4.78, 5) is 46.0. The molecule has 0 N–H and O–H groups in total. The molecule has 2 amide bonds. The van der Waals surface area contributed by atoms with E-state index >= 15 is 0 Å². The van der Waals surface area contributed by atoms with Gasteiger partial charge in [0.15, 0.2) is 0 Å². The highest BCUT2D eigenvalue weighted by atomic mass is 35.5. The minimum atomic E-state index is -0.734. The molecule has 2 rings (SSSR count). The van der Waals surface area contributed by atoms with Gasteiger partial charge in [-0.25, -0.2) is 0 Å². The quantitative estimate of drug-likeness (QED) is 0.353. The van der Waals surface area contributed by atoms with Crippen molar-refractivity contribution in [3.8, 4) is 0 Å². The standard InChI is InChI=1S/C13H9ClN2O6S/c1-22-11(17)6-15-12(18)10(23-13(15)19)5-7-4-8(16(20)21)2-3-9(7)14/h2-5H,6H2,1H3/b10-5+. The zero-order valence-electron chi connectivity index (χ0n) is 11.6. The van der Waals surface area contributed by atoms with Crippen LogP contribution in [0.15, 0.2) is 23.1 Å². The average Bonchev–Trinajstić information content (AvgIpc) is 2.76. The lowest BCUT2D eigenvalue weighted by Crippen LogP contribution is -2.34. The number of esters is 1. The normalized spacial score (nSPS) is 16.1. The summed E-state index contributed by atoms with van der Waals surface area (Å²) >= 11 is 6.56. The van der Waals surface area contributed by atoms with Crippen LogP contribution < -0.4 is 0 Å². The maximum atomic E-state index is 12.1. The van der Waals surface area contributed by atoms with Crippen molar-refractivity contribution in [2.24, 2.45) is 0 Å². The SMILES string of the molecule is COC(=O)CN1C(=O)S/C(=C/c2cc([N+](=O)[O-])ccc2Cl)C1=O. The monoisotopic (exact) mass is 356 g/mol. The van der Waals surface area contributed by atoms with E-state index in [1.54, 1.807) is 0 Å². The second-order valence-corrected chi connectivity index (χ2v) is 5.71. The van der Waals surface area contributed by atoms with Gasteiger partial charge >= 0.3 is 5.97 Å². The van der Waals surface area contributed by atoms with Crippen molar-refractivity contribution in [2.45, 2.75) is 0 Å². The molecular formula is C13H9ClN2O6S. The summed E-state index contributed by atoms with van der Waals surface area (Å²) in [6.07, 6.45) is 1.28. The van der Waals surface area contributed by atoms with Gasteiger partial charge in [-0.2, -0.15) is 0 Å². The van der Waals surface area contributed by atoms with Crippen LogP contribution >= 0.6 is 23.4 Å². The van der Waals surface area contributed by atoms with Gasteiger partial charge in [0.05, 0.1) is 16.9 Å². The number of carbonyl (C=O) groups is 3. The molecule has 1 aromatic carbocycles. The van der Waals surface area contributed by atoms with Crippen molar-refractivity contribution in [1.29, 1.82) is 0 Å². The number of hydrogen-bond acceptors (Lipinski definition) is 7. The Balaban J connectivity index is 2.32. The minimum absolute atomic E-state index is 0.0151. The van der Waals surface area contributed by atoms with Gasteiger partial charge < -0.3 is 4.74 Å². The second-order valence-electron chi connectivity index (χ2n) is 4.31. The Hall–Kier alpha value is -2.39. The molecule has 1 fully saturated rings. The average molecular weight is 357 g/mol. The second kappa shape index (κ2) is 6.80. The molecule has 0 unspecified atom stereocenters. The number of non-ortho nitro benzene ring substituents is 1. The number of hydrogen-bond donors (Lipinski definition) is 0. The summed E-state index contributed by atoms with van der Waals surface area (Å²) < 4.78 is 4.41. The number of methoxy groups -OCH3 is 1. The van der Waals surface area contributed by atoms with Crippen LogP contribution in [-0.2, 0) is 14.3 Å². The zero-order chi connectivity index (χ0) is 17.1. The number of imide groups is 1. The molecule has 120 valence electrons. The van der Waals surface area contributed by atoms with Crippen LogP contribution in [0.25, 0.3) is 6.08 Å². The van der Waals surface area contributed by atoms with Crippen molar-refractivity contribution in [2.75, 3.05) is 13.7 Å². The molecule has 1 aromatic rings. The molecule has 10 heteroatoms. The summed E-state index contributed by atoms with van der Waals surface area (Å²) in [6.45, 7) is -0.499. The molecule has 23 heavy (non-hydrogen) atoms. The predicted octanol–water partition coefficient (Wildman–Crippen LogP) is 2.46. The number of nitro benzene ring substituents is 1. The first-order valence-electron chi connectivity index (χ1n) is 6.09. The van der Waals surface area contributed by atoms with Gasteiger partial charge in [0.1, 0.15) is 6.54 Å². The number of carbonyl (C=O) groups excluding carboxylic acids is 3. The number of thioether (sulfide) groups is 1. The van der Waals surface area contributed by atoms with E-state index in [-0.39, 0.29) is 21.2 Å². The lowest BCUT2D eigenvalue weighted by molar-refractivity contribution is -0.384. The van der Waals surface area contributed by atoms with E-state index in [2.05, 4.69) is 4.74 Å². The van der Waals surface area contributed by atoms with Crippen LogP contribution in [0.3, 0.4) is 0 Å². The number of nitrogens with zero attached hydrogens (tertiary/aromatic N) is 2. The van der Waals surface area contributed by atoms with E-state index < -0.39 is 28.6 Å². The number of benzene rings is 1. The van der Waals surface area contributed by atoms with Gasteiger partial charge in [-0.3, -0.25) is 29.4 Å². The lowest BCUT2D eigenvalue weighted by atomic mass is 10.2. The number of rotatable bonds is 4. The molecule has 0 spiro atoms. The van der Waals surface area contributed by atoms with Crippen LogP contribution in [0.2, 0.25) is 5.02 Å². The highest BCUT2D eigenvalue weighted by Gasteiger charge is 2.36. The highest BCUT2D eigenvalue weighted by molar-refractivity contribution is 8.18. The van der Waals surface area contributed by atoms with E-state index in [0.717, 1.165) is 12.0 Å². The maximum Gasteiger partial charge on any atom is 0.325 e. The number of nitro groups is 1. The molecule has 8 nitrogen and oxygen atoms in total. The van der Waals surface area contributed by atoms with E-state index in [4.69, 9.17) is 11.6 Å². The van der Waals surface area contributed by atoms with E-state index in [1.807, 2.05) is 0 Å². The number of amides is 2. The van der Waals surface area contributed by atoms with Gasteiger partial charge in [-0.15, -0.1) is 0 Å². The molecule has 0 radical (unpaired) electrons. The number of halogens is 1. The van der Waals surface area contributed by atoms with Crippen molar-refractivity contribution in [3.63, 3.8) is 0 Å². The van der Waals surface area contributed by atoms with E-state index in [9.17, 15) is 24.5 Å². The molecule has 1 aliphatic rings. The Morgan fingerprint density at radius 1 is 1.48 bits per heavy atom. The van der Waals surface area contributed by atoms with Gasteiger partial charge in [-0.05, 0) is 23.9 Å².